The van der Waals surface area contributed by atoms with Crippen molar-refractivity contribution < 1.29 is 34.2 Å². The van der Waals surface area contributed by atoms with E-state index < -0.39 is 53.8 Å². The number of nitrogens with one attached hydrogen (secondary N) is 3. The lowest BCUT2D eigenvalue weighted by molar-refractivity contribution is -0.141. The van der Waals surface area contributed by atoms with E-state index in [9.17, 15) is 24.0 Å². The highest BCUT2D eigenvalue weighted by Gasteiger charge is 2.30. The van der Waals surface area contributed by atoms with Crippen molar-refractivity contribution in [2.45, 2.75) is 63.7 Å². The first kappa shape index (κ1) is 30.0. The molecule has 0 rings (SSSR count). The molecule has 0 aromatic heterocycles. The number of rotatable bonds is 16. The van der Waals surface area contributed by atoms with Crippen LogP contribution in [0, 0.1) is 5.92 Å². The van der Waals surface area contributed by atoms with E-state index in [0.29, 0.717) is 12.2 Å². The van der Waals surface area contributed by atoms with Crippen LogP contribution in [0.2, 0.25) is 0 Å². The Kier molecular flexibility index (Phi) is 14.8. The predicted molar refractivity (Wildman–Crippen MR) is 125 cm³/mol. The van der Waals surface area contributed by atoms with Crippen molar-refractivity contribution in [1.29, 1.82) is 0 Å². The lowest BCUT2D eigenvalue weighted by Gasteiger charge is -2.25. The summed E-state index contributed by atoms with van der Waals surface area (Å²) in [5.74, 6) is -4.31. The number of hydrogen-bond donors (Lipinski definition) is 7. The van der Waals surface area contributed by atoms with E-state index in [-0.39, 0.29) is 30.9 Å². The molecular weight excluding hydrogens is 460 g/mol. The zero-order chi connectivity index (χ0) is 24.8. The molecule has 0 aliphatic carbocycles. The first-order valence-electron chi connectivity index (χ1n) is 10.2. The quantitative estimate of drug-likeness (QED) is 0.138. The maximum atomic E-state index is 12.8. The third-order valence-corrected chi connectivity index (χ3v) is 5.89. The topological polar surface area (TPSA) is 188 Å². The van der Waals surface area contributed by atoms with E-state index >= 15 is 0 Å². The predicted octanol–water partition coefficient (Wildman–Crippen LogP) is -0.553. The molecule has 0 radical (unpaired) electrons. The number of carbonyl (C=O) groups excluding carboxylic acids is 3. The molecule has 0 aliphatic rings. The average Bonchev–Trinajstić information content (AvgIpc) is 2.75. The number of carboxylic acids is 2. The van der Waals surface area contributed by atoms with E-state index in [0.717, 1.165) is 0 Å². The van der Waals surface area contributed by atoms with Crippen LogP contribution in [0.3, 0.4) is 0 Å². The summed E-state index contributed by atoms with van der Waals surface area (Å²) in [5.41, 5.74) is 5.90. The van der Waals surface area contributed by atoms with Gasteiger partial charge in [0, 0.05) is 12.2 Å². The number of hydrogen-bond acceptors (Lipinski definition) is 8. The van der Waals surface area contributed by atoms with Gasteiger partial charge in [-0.3, -0.25) is 19.2 Å². The molecule has 5 atom stereocenters. The lowest BCUT2D eigenvalue weighted by atomic mass is 9.98. The maximum absolute atomic E-state index is 12.8. The minimum atomic E-state index is -1.27. The Hall–Kier alpha value is -1.99. The van der Waals surface area contributed by atoms with Gasteiger partial charge in [0.15, 0.2) is 0 Å². The minimum Gasteiger partial charge on any atom is -0.481 e. The van der Waals surface area contributed by atoms with Gasteiger partial charge in [-0.2, -0.15) is 24.4 Å². The van der Waals surface area contributed by atoms with Crippen molar-refractivity contribution in [3.8, 4) is 0 Å². The summed E-state index contributed by atoms with van der Waals surface area (Å²) in [4.78, 5) is 60.0. The molecule has 0 heterocycles. The third kappa shape index (κ3) is 11.0. The molecule has 0 saturated carbocycles. The van der Waals surface area contributed by atoms with Gasteiger partial charge in [-0.05, 0) is 30.8 Å². The van der Waals surface area contributed by atoms with Crippen LogP contribution in [0.25, 0.3) is 0 Å². The molecule has 0 spiro atoms. The standard InChI is InChI=1S/C19H34N4O7S2/c1-4-10(2)15(20)18(28)22-11(5-6-14(24)25)16(26)21-12(7-8-32-3)17(27)23-13(9-31)19(29)30/h10-13,15,31H,4-9,20H2,1-3H3,(H,21,26)(H,22,28)(H,23,27)(H,24,25)(H,29,30). The molecular formula is C19H34N4O7S2. The third-order valence-electron chi connectivity index (χ3n) is 4.88. The van der Waals surface area contributed by atoms with Crippen molar-refractivity contribution in [3.05, 3.63) is 0 Å². The van der Waals surface area contributed by atoms with Gasteiger partial charge in [0.1, 0.15) is 18.1 Å². The zero-order valence-electron chi connectivity index (χ0n) is 18.5. The van der Waals surface area contributed by atoms with E-state index in [1.807, 2.05) is 6.92 Å². The molecule has 7 N–H and O–H groups in total. The second kappa shape index (κ2) is 15.8. The number of nitrogens with two attached hydrogens (primary N) is 1. The Morgan fingerprint density at radius 2 is 1.44 bits per heavy atom. The SMILES string of the molecule is CCC(C)C(N)C(=O)NC(CCC(=O)O)C(=O)NC(CCSC)C(=O)NC(CS)C(=O)O. The molecule has 11 nitrogen and oxygen atoms in total. The van der Waals surface area contributed by atoms with Crippen LogP contribution in [0.4, 0.5) is 0 Å². The summed E-state index contributed by atoms with van der Waals surface area (Å²) in [6.45, 7) is 3.64. The van der Waals surface area contributed by atoms with E-state index in [2.05, 4.69) is 28.6 Å². The van der Waals surface area contributed by atoms with Gasteiger partial charge < -0.3 is 31.9 Å². The summed E-state index contributed by atoms with van der Waals surface area (Å²) in [5, 5.41) is 25.4. The van der Waals surface area contributed by atoms with Gasteiger partial charge in [-0.25, -0.2) is 4.79 Å². The molecule has 0 saturated heterocycles. The van der Waals surface area contributed by atoms with Gasteiger partial charge in [0.05, 0.1) is 6.04 Å². The normalized spacial score (nSPS) is 15.5. The second-order valence-corrected chi connectivity index (χ2v) is 8.68. The Bertz CT molecular complexity index is 666. The smallest absolute Gasteiger partial charge is 0.327 e. The van der Waals surface area contributed by atoms with Crippen LogP contribution in [-0.2, 0) is 24.0 Å². The Labute approximate surface area is 197 Å². The van der Waals surface area contributed by atoms with Crippen molar-refractivity contribution in [2.75, 3.05) is 17.8 Å². The summed E-state index contributed by atoms with van der Waals surface area (Å²) >= 11 is 5.32. The summed E-state index contributed by atoms with van der Waals surface area (Å²) in [6.07, 6.45) is 2.04. The average molecular weight is 495 g/mol. The summed E-state index contributed by atoms with van der Waals surface area (Å²) in [7, 11) is 0. The molecule has 0 aliphatic heterocycles. The number of carbonyl (C=O) groups is 5. The van der Waals surface area contributed by atoms with Gasteiger partial charge in [-0.15, -0.1) is 0 Å². The first-order chi connectivity index (χ1) is 15.0. The van der Waals surface area contributed by atoms with Gasteiger partial charge in [0.2, 0.25) is 17.7 Å². The summed E-state index contributed by atoms with van der Waals surface area (Å²) < 4.78 is 0. The Morgan fingerprint density at radius 1 is 0.938 bits per heavy atom. The molecule has 32 heavy (non-hydrogen) atoms. The highest BCUT2D eigenvalue weighted by Crippen LogP contribution is 2.08. The van der Waals surface area contributed by atoms with E-state index in [1.165, 1.54) is 11.8 Å². The highest BCUT2D eigenvalue weighted by atomic mass is 32.2. The largest absolute Gasteiger partial charge is 0.481 e. The highest BCUT2D eigenvalue weighted by molar-refractivity contribution is 7.98. The first-order valence-corrected chi connectivity index (χ1v) is 12.2. The fourth-order valence-corrected chi connectivity index (χ4v) is 3.27. The Morgan fingerprint density at radius 3 is 1.88 bits per heavy atom. The molecule has 0 aromatic carbocycles. The van der Waals surface area contributed by atoms with Crippen LogP contribution >= 0.6 is 24.4 Å². The van der Waals surface area contributed by atoms with Gasteiger partial charge >= 0.3 is 11.9 Å². The second-order valence-electron chi connectivity index (χ2n) is 7.33. The molecule has 0 aromatic rings. The van der Waals surface area contributed by atoms with E-state index in [4.69, 9.17) is 15.9 Å². The fraction of sp³-hybridized carbons (Fsp3) is 0.737. The van der Waals surface area contributed by atoms with Gasteiger partial charge in [-0.1, -0.05) is 20.3 Å². The molecule has 13 heteroatoms. The minimum absolute atomic E-state index is 0.144. The van der Waals surface area contributed by atoms with Crippen molar-refractivity contribution in [3.63, 3.8) is 0 Å². The molecule has 0 bridgehead atoms. The summed E-state index contributed by atoms with van der Waals surface area (Å²) in [6, 6.07) is -4.43. The monoisotopic (exact) mass is 494 g/mol. The number of aliphatic carboxylic acids is 2. The number of thiol groups is 1. The van der Waals surface area contributed by atoms with Crippen LogP contribution < -0.4 is 21.7 Å². The van der Waals surface area contributed by atoms with E-state index in [1.54, 1.807) is 13.2 Å². The molecule has 0 fully saturated rings. The Balaban J connectivity index is 5.47. The van der Waals surface area contributed by atoms with Crippen LogP contribution in [0.5, 0.6) is 0 Å². The molecule has 5 unspecified atom stereocenters. The molecule has 184 valence electrons. The molecule has 3 amide bonds. The van der Waals surface area contributed by atoms with Crippen LogP contribution in [0.15, 0.2) is 0 Å². The van der Waals surface area contributed by atoms with Gasteiger partial charge in [0.25, 0.3) is 0 Å². The van der Waals surface area contributed by atoms with Crippen LogP contribution in [-0.4, -0.2) is 81.8 Å². The van der Waals surface area contributed by atoms with Crippen molar-refractivity contribution >= 4 is 54.1 Å². The lowest BCUT2D eigenvalue weighted by Crippen LogP contribution is -2.58. The number of thioether (sulfide) groups is 1. The number of amides is 3. The van der Waals surface area contributed by atoms with Crippen LogP contribution in [0.1, 0.15) is 39.5 Å². The zero-order valence-corrected chi connectivity index (χ0v) is 20.2. The van der Waals surface area contributed by atoms with Crippen molar-refractivity contribution in [1.82, 2.24) is 16.0 Å². The maximum Gasteiger partial charge on any atom is 0.327 e. The fourth-order valence-electron chi connectivity index (χ4n) is 2.55. The van der Waals surface area contributed by atoms with Crippen molar-refractivity contribution in [2.24, 2.45) is 11.7 Å². The number of carboxylic acid groups (broad SMARTS) is 2.